The zero-order valence-corrected chi connectivity index (χ0v) is 18.4. The predicted octanol–water partition coefficient (Wildman–Crippen LogP) is 5.09. The van der Waals surface area contributed by atoms with E-state index in [1.165, 1.54) is 106 Å². The van der Waals surface area contributed by atoms with Crippen LogP contribution in [0.25, 0.3) is 0 Å². The smallest absolute Gasteiger partial charge is 0.118 e. The van der Waals surface area contributed by atoms with Gasteiger partial charge < -0.3 is 19.4 Å². The summed E-state index contributed by atoms with van der Waals surface area (Å²) in [6.45, 7) is 7.18. The van der Waals surface area contributed by atoms with Gasteiger partial charge in [0.05, 0.1) is 7.11 Å². The zero-order valence-electron chi connectivity index (χ0n) is 18.4. The first-order valence-electron chi connectivity index (χ1n) is 11.9. The SMILES string of the molecule is COc1ccc(Cc2c(N3CCCC3)cc(N3CCCC3)cc2N2CCCC2)cc1. The van der Waals surface area contributed by atoms with Gasteiger partial charge in [-0.15, -0.1) is 0 Å². The molecule has 0 amide bonds. The van der Waals surface area contributed by atoms with Gasteiger partial charge in [0.15, 0.2) is 0 Å². The quantitative estimate of drug-likeness (QED) is 0.666. The molecule has 0 unspecified atom stereocenters. The Morgan fingerprint density at radius 2 is 1.13 bits per heavy atom. The molecule has 3 saturated heterocycles. The maximum Gasteiger partial charge on any atom is 0.118 e. The summed E-state index contributed by atoms with van der Waals surface area (Å²) in [5.74, 6) is 0.933. The largest absolute Gasteiger partial charge is 0.497 e. The molecular formula is C26H35N3O. The molecule has 3 aliphatic rings. The highest BCUT2D eigenvalue weighted by molar-refractivity contribution is 5.77. The lowest BCUT2D eigenvalue weighted by Crippen LogP contribution is -2.26. The van der Waals surface area contributed by atoms with Crippen molar-refractivity contribution in [2.75, 3.05) is 61.1 Å². The normalized spacial score (nSPS) is 19.2. The van der Waals surface area contributed by atoms with E-state index in [0.717, 1.165) is 12.2 Å². The number of ether oxygens (including phenoxy) is 1. The third-order valence-corrected chi connectivity index (χ3v) is 7.09. The summed E-state index contributed by atoms with van der Waals surface area (Å²) in [6.07, 6.45) is 8.90. The molecule has 3 aliphatic heterocycles. The summed E-state index contributed by atoms with van der Waals surface area (Å²) in [5.41, 5.74) is 7.29. The summed E-state index contributed by atoms with van der Waals surface area (Å²) >= 11 is 0. The number of rotatable bonds is 6. The van der Waals surface area contributed by atoms with Gasteiger partial charge in [-0.2, -0.15) is 0 Å². The van der Waals surface area contributed by atoms with Gasteiger partial charge in [0.25, 0.3) is 0 Å². The van der Waals surface area contributed by atoms with Crippen molar-refractivity contribution < 1.29 is 4.74 Å². The molecule has 0 N–H and O–H groups in total. The fourth-order valence-electron chi connectivity index (χ4n) is 5.39. The molecular weight excluding hydrogens is 370 g/mol. The minimum absolute atomic E-state index is 0.933. The summed E-state index contributed by atoms with van der Waals surface area (Å²) in [6, 6.07) is 13.7. The van der Waals surface area contributed by atoms with Crippen LogP contribution >= 0.6 is 0 Å². The van der Waals surface area contributed by atoms with E-state index in [1.54, 1.807) is 7.11 Å². The van der Waals surface area contributed by atoms with Crippen molar-refractivity contribution in [3.8, 4) is 5.75 Å². The van der Waals surface area contributed by atoms with E-state index >= 15 is 0 Å². The van der Waals surface area contributed by atoms with Crippen LogP contribution in [0.5, 0.6) is 5.75 Å². The van der Waals surface area contributed by atoms with Gasteiger partial charge in [-0.05, 0) is 68.4 Å². The Morgan fingerprint density at radius 3 is 1.60 bits per heavy atom. The molecule has 0 atom stereocenters. The molecule has 4 nitrogen and oxygen atoms in total. The Labute approximate surface area is 181 Å². The van der Waals surface area contributed by atoms with Crippen molar-refractivity contribution in [3.05, 3.63) is 47.5 Å². The van der Waals surface area contributed by atoms with Crippen LogP contribution in [0, 0.1) is 0 Å². The van der Waals surface area contributed by atoms with Crippen LogP contribution in [0.1, 0.15) is 49.7 Å². The highest BCUT2D eigenvalue weighted by Crippen LogP contribution is 2.40. The molecule has 0 bridgehead atoms. The van der Waals surface area contributed by atoms with E-state index < -0.39 is 0 Å². The second-order valence-electron chi connectivity index (χ2n) is 9.07. The minimum atomic E-state index is 0.933. The van der Waals surface area contributed by atoms with Gasteiger partial charge in [-0.3, -0.25) is 0 Å². The predicted molar refractivity (Wildman–Crippen MR) is 127 cm³/mol. The number of hydrogen-bond donors (Lipinski definition) is 0. The second-order valence-corrected chi connectivity index (χ2v) is 9.07. The topological polar surface area (TPSA) is 19.0 Å². The maximum absolute atomic E-state index is 5.38. The number of hydrogen-bond acceptors (Lipinski definition) is 4. The van der Waals surface area contributed by atoms with Crippen LogP contribution in [-0.2, 0) is 6.42 Å². The fraction of sp³-hybridized carbons (Fsp3) is 0.538. The lowest BCUT2D eigenvalue weighted by molar-refractivity contribution is 0.414. The standard InChI is InChI=1S/C26H35N3O/c1-30-23-10-8-21(9-11-23)18-24-25(28-14-4-5-15-28)19-22(27-12-2-3-13-27)20-26(24)29-16-6-7-17-29/h8-11,19-20H,2-7,12-18H2,1H3. The van der Waals surface area contributed by atoms with E-state index in [4.69, 9.17) is 4.74 Å². The molecule has 3 heterocycles. The van der Waals surface area contributed by atoms with Gasteiger partial charge in [0, 0.05) is 68.3 Å². The van der Waals surface area contributed by atoms with Crippen LogP contribution in [0.2, 0.25) is 0 Å². The van der Waals surface area contributed by atoms with Gasteiger partial charge in [-0.1, -0.05) is 12.1 Å². The molecule has 0 radical (unpaired) electrons. The van der Waals surface area contributed by atoms with Crippen LogP contribution in [-0.4, -0.2) is 46.4 Å². The van der Waals surface area contributed by atoms with E-state index in [0.29, 0.717) is 0 Å². The first kappa shape index (κ1) is 19.6. The van der Waals surface area contributed by atoms with Gasteiger partial charge in [0.1, 0.15) is 5.75 Å². The molecule has 4 heteroatoms. The molecule has 0 spiro atoms. The number of benzene rings is 2. The first-order valence-corrected chi connectivity index (χ1v) is 11.9. The Kier molecular flexibility index (Phi) is 5.74. The lowest BCUT2D eigenvalue weighted by atomic mass is 9.98. The fourth-order valence-corrected chi connectivity index (χ4v) is 5.39. The Bertz CT molecular complexity index is 808. The first-order chi connectivity index (χ1) is 14.8. The maximum atomic E-state index is 5.38. The number of anilines is 3. The van der Waals surface area contributed by atoms with Gasteiger partial charge >= 0.3 is 0 Å². The molecule has 5 rings (SSSR count). The van der Waals surface area contributed by atoms with Gasteiger partial charge in [-0.25, -0.2) is 0 Å². The second kappa shape index (κ2) is 8.79. The Hall–Kier alpha value is -2.36. The monoisotopic (exact) mass is 405 g/mol. The highest BCUT2D eigenvalue weighted by Gasteiger charge is 2.25. The van der Waals surface area contributed by atoms with Crippen molar-refractivity contribution in [2.24, 2.45) is 0 Å². The molecule has 2 aromatic rings. The van der Waals surface area contributed by atoms with Crippen molar-refractivity contribution in [3.63, 3.8) is 0 Å². The number of nitrogens with zero attached hydrogens (tertiary/aromatic N) is 3. The third-order valence-electron chi connectivity index (χ3n) is 7.09. The van der Waals surface area contributed by atoms with Crippen molar-refractivity contribution in [2.45, 2.75) is 44.9 Å². The average Bonchev–Trinajstić information content (AvgIpc) is 3.58. The van der Waals surface area contributed by atoms with E-state index in [-0.39, 0.29) is 0 Å². The van der Waals surface area contributed by atoms with Crippen LogP contribution in [0.3, 0.4) is 0 Å². The molecule has 0 aliphatic carbocycles. The summed E-state index contributed by atoms with van der Waals surface area (Å²) in [5, 5.41) is 0. The summed E-state index contributed by atoms with van der Waals surface area (Å²) in [7, 11) is 1.74. The Balaban J connectivity index is 1.58. The molecule has 0 saturated carbocycles. The molecule has 2 aromatic carbocycles. The summed E-state index contributed by atoms with van der Waals surface area (Å²) in [4.78, 5) is 7.91. The average molecular weight is 406 g/mol. The van der Waals surface area contributed by atoms with E-state index in [1.807, 2.05) is 0 Å². The zero-order chi connectivity index (χ0) is 20.3. The van der Waals surface area contributed by atoms with Crippen molar-refractivity contribution in [1.82, 2.24) is 0 Å². The van der Waals surface area contributed by atoms with Crippen LogP contribution in [0.15, 0.2) is 36.4 Å². The lowest BCUT2D eigenvalue weighted by Gasteiger charge is -2.31. The van der Waals surface area contributed by atoms with E-state index in [9.17, 15) is 0 Å². The van der Waals surface area contributed by atoms with Crippen molar-refractivity contribution >= 4 is 17.1 Å². The third kappa shape index (κ3) is 3.97. The highest BCUT2D eigenvalue weighted by atomic mass is 16.5. The minimum Gasteiger partial charge on any atom is -0.497 e. The molecule has 160 valence electrons. The molecule has 0 aromatic heterocycles. The summed E-state index contributed by atoms with van der Waals surface area (Å²) < 4.78 is 5.38. The molecule has 3 fully saturated rings. The molecule has 30 heavy (non-hydrogen) atoms. The van der Waals surface area contributed by atoms with Crippen LogP contribution in [0.4, 0.5) is 17.1 Å². The van der Waals surface area contributed by atoms with E-state index in [2.05, 4.69) is 51.1 Å². The van der Waals surface area contributed by atoms with Gasteiger partial charge in [0.2, 0.25) is 0 Å². The van der Waals surface area contributed by atoms with Crippen molar-refractivity contribution in [1.29, 1.82) is 0 Å². The van der Waals surface area contributed by atoms with Crippen LogP contribution < -0.4 is 19.4 Å². The Morgan fingerprint density at radius 1 is 0.667 bits per heavy atom. The number of methoxy groups -OCH3 is 1.